The molecule has 0 heterocycles. The average molecular weight is 305 g/mol. The van der Waals surface area contributed by atoms with Crippen LogP contribution in [0.2, 0.25) is 5.02 Å². The topological polar surface area (TPSA) is 20.2 Å². The Morgan fingerprint density at radius 2 is 1.38 bits per heavy atom. The van der Waals surface area contributed by atoms with E-state index in [1.165, 1.54) is 22.3 Å². The van der Waals surface area contributed by atoms with Crippen LogP contribution >= 0.6 is 11.6 Å². The molecule has 21 heavy (non-hydrogen) atoms. The second-order valence-corrected chi connectivity index (χ2v) is 7.14. The second-order valence-electron chi connectivity index (χ2n) is 6.71. The monoisotopic (exact) mass is 304 g/mol. The summed E-state index contributed by atoms with van der Waals surface area (Å²) in [5.74, 6) is 0. The van der Waals surface area contributed by atoms with Crippen molar-refractivity contribution < 1.29 is 5.11 Å². The minimum absolute atomic E-state index is 0.311. The van der Waals surface area contributed by atoms with Crippen LogP contribution in [-0.4, -0.2) is 10.7 Å². The van der Waals surface area contributed by atoms with Crippen LogP contribution in [0.1, 0.15) is 47.1 Å². The third-order valence-corrected chi connectivity index (χ3v) is 6.04. The maximum atomic E-state index is 11.2. The predicted molar refractivity (Wildman–Crippen MR) is 90.6 cm³/mol. The lowest BCUT2D eigenvalue weighted by Gasteiger charge is -2.49. The summed E-state index contributed by atoms with van der Waals surface area (Å²) in [6.45, 7) is 12.6. The van der Waals surface area contributed by atoms with E-state index in [4.69, 9.17) is 11.6 Å². The Bertz CT molecular complexity index is 619. The summed E-state index contributed by atoms with van der Waals surface area (Å²) in [7, 11) is 0. The van der Waals surface area contributed by atoms with Crippen molar-refractivity contribution >= 4 is 11.6 Å². The van der Waals surface area contributed by atoms with Gasteiger partial charge in [0.2, 0.25) is 0 Å². The summed E-state index contributed by atoms with van der Waals surface area (Å²) in [5.41, 5.74) is 4.89. The van der Waals surface area contributed by atoms with E-state index in [1.807, 2.05) is 38.1 Å². The van der Waals surface area contributed by atoms with E-state index in [-0.39, 0.29) is 5.41 Å². The van der Waals surface area contributed by atoms with Crippen molar-refractivity contribution in [2.45, 2.75) is 53.6 Å². The van der Waals surface area contributed by atoms with E-state index < -0.39 is 5.60 Å². The first-order chi connectivity index (χ1) is 9.61. The van der Waals surface area contributed by atoms with Crippen LogP contribution in [0.3, 0.4) is 0 Å². The number of hydrogen-bond donors (Lipinski definition) is 1. The number of aliphatic hydroxyl groups is 1. The Morgan fingerprint density at radius 1 is 0.905 bits per heavy atom. The molecule has 0 spiro atoms. The zero-order chi connectivity index (χ0) is 16.0. The van der Waals surface area contributed by atoms with Gasteiger partial charge in [0.05, 0.1) is 5.60 Å². The van der Waals surface area contributed by atoms with Gasteiger partial charge in [0, 0.05) is 10.4 Å². The van der Waals surface area contributed by atoms with Gasteiger partial charge in [-0.2, -0.15) is 0 Å². The molecule has 0 saturated carbocycles. The second kappa shape index (κ2) is 5.30. The van der Waals surface area contributed by atoms with Crippen molar-refractivity contribution in [1.82, 2.24) is 0 Å². The molecule has 2 atom stereocenters. The molecule has 114 valence electrons. The van der Waals surface area contributed by atoms with Gasteiger partial charge in [-0.15, -0.1) is 0 Å². The summed E-state index contributed by atoms with van der Waals surface area (Å²) < 4.78 is 0. The van der Waals surface area contributed by atoms with Crippen molar-refractivity contribution in [1.29, 1.82) is 0 Å². The van der Waals surface area contributed by atoms with E-state index in [2.05, 4.69) is 27.7 Å². The van der Waals surface area contributed by atoms with Crippen LogP contribution in [0.4, 0.5) is 0 Å². The molecule has 1 aromatic rings. The molecule has 2 rings (SSSR count). The summed E-state index contributed by atoms with van der Waals surface area (Å²) in [6.07, 6.45) is 0.797. The first kappa shape index (κ1) is 16.3. The Kier molecular flexibility index (Phi) is 4.12. The highest BCUT2D eigenvalue weighted by molar-refractivity contribution is 6.30. The molecule has 2 unspecified atom stereocenters. The Balaban J connectivity index is 2.51. The highest BCUT2D eigenvalue weighted by Gasteiger charge is 2.49. The molecule has 1 aromatic carbocycles. The fraction of sp³-hybridized carbons (Fsp3) is 0.474. The van der Waals surface area contributed by atoms with E-state index >= 15 is 0 Å². The molecule has 0 fully saturated rings. The molecule has 0 aliphatic heterocycles. The molecule has 2 heteroatoms. The fourth-order valence-electron chi connectivity index (χ4n) is 3.44. The number of allylic oxidation sites excluding steroid dienone is 2. The quantitative estimate of drug-likeness (QED) is 0.783. The van der Waals surface area contributed by atoms with Gasteiger partial charge in [-0.3, -0.25) is 0 Å². The number of rotatable bonds is 2. The molecule has 1 aliphatic carbocycles. The molecule has 1 aliphatic rings. The largest absolute Gasteiger partial charge is 0.385 e. The van der Waals surface area contributed by atoms with Gasteiger partial charge in [0.25, 0.3) is 0 Å². The normalized spacial score (nSPS) is 30.1. The minimum atomic E-state index is -0.847. The first-order valence-corrected chi connectivity index (χ1v) is 7.82. The maximum absolute atomic E-state index is 11.2. The van der Waals surface area contributed by atoms with E-state index in [0.717, 1.165) is 17.0 Å². The molecule has 0 radical (unpaired) electrons. The van der Waals surface area contributed by atoms with E-state index in [0.29, 0.717) is 0 Å². The predicted octanol–water partition coefficient (Wildman–Crippen LogP) is 5.33. The van der Waals surface area contributed by atoms with Crippen molar-refractivity contribution in [3.8, 4) is 0 Å². The number of halogens is 1. The van der Waals surface area contributed by atoms with E-state index in [9.17, 15) is 5.11 Å². The number of benzene rings is 1. The highest BCUT2D eigenvalue weighted by Crippen LogP contribution is 2.51. The summed E-state index contributed by atoms with van der Waals surface area (Å²) in [6, 6.07) is 7.93. The van der Waals surface area contributed by atoms with Crippen molar-refractivity contribution in [2.24, 2.45) is 5.41 Å². The van der Waals surface area contributed by atoms with Crippen LogP contribution in [0.5, 0.6) is 0 Å². The van der Waals surface area contributed by atoms with Gasteiger partial charge < -0.3 is 5.11 Å². The zero-order valence-electron chi connectivity index (χ0n) is 13.8. The fourth-order valence-corrected chi connectivity index (χ4v) is 3.56. The molecule has 1 N–H and O–H groups in total. The Morgan fingerprint density at radius 3 is 1.90 bits per heavy atom. The van der Waals surface area contributed by atoms with Gasteiger partial charge in [-0.05, 0) is 75.5 Å². The van der Waals surface area contributed by atoms with Gasteiger partial charge in [0.15, 0.2) is 0 Å². The number of hydrogen-bond acceptors (Lipinski definition) is 1. The first-order valence-electron chi connectivity index (χ1n) is 7.44. The zero-order valence-corrected chi connectivity index (χ0v) is 14.6. The van der Waals surface area contributed by atoms with Crippen molar-refractivity contribution in [2.75, 3.05) is 0 Å². The molecule has 0 aromatic heterocycles. The molecule has 0 bridgehead atoms. The van der Waals surface area contributed by atoms with Crippen molar-refractivity contribution in [3.05, 3.63) is 57.1 Å². The van der Waals surface area contributed by atoms with Crippen LogP contribution < -0.4 is 0 Å². The molecular weight excluding hydrogens is 280 g/mol. The lowest BCUT2D eigenvalue weighted by molar-refractivity contribution is -0.0112. The maximum Gasteiger partial charge on any atom is 0.0925 e. The third-order valence-electron chi connectivity index (χ3n) is 5.79. The Labute approximate surface area is 133 Å². The molecule has 1 nitrogen and oxygen atoms in total. The standard InChI is InChI=1S/C19H25ClO/c1-12-13(2)15(4)19(6,21)18(5,14(12)3)11-16-7-9-17(20)10-8-16/h7-10,21H,11H2,1-6H3. The lowest BCUT2D eigenvalue weighted by Crippen LogP contribution is -2.50. The van der Waals surface area contributed by atoms with Gasteiger partial charge in [-0.1, -0.05) is 36.2 Å². The lowest BCUT2D eigenvalue weighted by atomic mass is 9.58. The highest BCUT2D eigenvalue weighted by atomic mass is 35.5. The van der Waals surface area contributed by atoms with Crippen LogP contribution in [-0.2, 0) is 6.42 Å². The van der Waals surface area contributed by atoms with Crippen LogP contribution in [0.15, 0.2) is 46.6 Å². The minimum Gasteiger partial charge on any atom is -0.385 e. The van der Waals surface area contributed by atoms with Crippen LogP contribution in [0, 0.1) is 5.41 Å². The van der Waals surface area contributed by atoms with Gasteiger partial charge in [-0.25, -0.2) is 0 Å². The van der Waals surface area contributed by atoms with E-state index in [1.54, 1.807) is 0 Å². The summed E-state index contributed by atoms with van der Waals surface area (Å²) in [4.78, 5) is 0. The molecular formula is C19H25ClO. The summed E-state index contributed by atoms with van der Waals surface area (Å²) in [5, 5.41) is 12.0. The van der Waals surface area contributed by atoms with Gasteiger partial charge >= 0.3 is 0 Å². The van der Waals surface area contributed by atoms with Crippen LogP contribution in [0.25, 0.3) is 0 Å². The van der Waals surface area contributed by atoms with Crippen molar-refractivity contribution in [3.63, 3.8) is 0 Å². The third kappa shape index (κ3) is 2.47. The average Bonchev–Trinajstić information content (AvgIpc) is 2.45. The Hall–Kier alpha value is -1.05. The molecule has 0 amide bonds. The smallest absolute Gasteiger partial charge is 0.0925 e. The van der Waals surface area contributed by atoms with Gasteiger partial charge in [0.1, 0.15) is 0 Å². The summed E-state index contributed by atoms with van der Waals surface area (Å²) >= 11 is 5.97. The molecule has 0 saturated heterocycles. The SMILES string of the molecule is CC1=C(C)C(C)(O)C(C)(Cc2ccc(Cl)cc2)C(C)=C1C.